The summed E-state index contributed by atoms with van der Waals surface area (Å²) < 4.78 is 30.4. The molecule has 0 aliphatic carbocycles. The molecular formula is C12H16BrF2NO. The third kappa shape index (κ3) is 4.60. The van der Waals surface area contributed by atoms with Crippen molar-refractivity contribution in [3.63, 3.8) is 0 Å². The number of hydrogen-bond donors (Lipinski definition) is 1. The van der Waals surface area contributed by atoms with Crippen molar-refractivity contribution in [2.24, 2.45) is 0 Å². The third-order valence-electron chi connectivity index (χ3n) is 2.24. The van der Waals surface area contributed by atoms with Gasteiger partial charge in [0.15, 0.2) is 0 Å². The highest BCUT2D eigenvalue weighted by molar-refractivity contribution is 9.10. The smallest absolute Gasteiger partial charge is 0.272 e. The maximum absolute atomic E-state index is 12.2. The number of alkyl halides is 2. The summed E-state index contributed by atoms with van der Waals surface area (Å²) in [5.74, 6) is 0.550. The molecule has 5 heteroatoms. The summed E-state index contributed by atoms with van der Waals surface area (Å²) in [6.07, 6.45) is -2.45. The zero-order chi connectivity index (χ0) is 12.8. The zero-order valence-electron chi connectivity index (χ0n) is 9.90. The van der Waals surface area contributed by atoms with Crippen LogP contribution in [0.1, 0.15) is 18.1 Å². The Morgan fingerprint density at radius 1 is 1.41 bits per heavy atom. The van der Waals surface area contributed by atoms with E-state index in [9.17, 15) is 8.78 Å². The van der Waals surface area contributed by atoms with Gasteiger partial charge in [0, 0.05) is 16.6 Å². The van der Waals surface area contributed by atoms with Crippen LogP contribution in [0.3, 0.4) is 0 Å². The molecule has 0 radical (unpaired) electrons. The number of rotatable bonds is 6. The summed E-state index contributed by atoms with van der Waals surface area (Å²) in [6, 6.07) is 3.74. The van der Waals surface area contributed by atoms with E-state index < -0.39 is 13.0 Å². The van der Waals surface area contributed by atoms with Gasteiger partial charge in [0.1, 0.15) is 12.4 Å². The van der Waals surface area contributed by atoms with Crippen molar-refractivity contribution in [2.45, 2.75) is 26.8 Å². The van der Waals surface area contributed by atoms with E-state index in [-0.39, 0.29) is 0 Å². The van der Waals surface area contributed by atoms with Gasteiger partial charge in [-0.2, -0.15) is 0 Å². The SMILES string of the molecule is CCNCc1cc(Br)cc(C)c1OCC(F)F. The largest absolute Gasteiger partial charge is 0.487 e. The van der Waals surface area contributed by atoms with Crippen molar-refractivity contribution in [3.8, 4) is 5.75 Å². The van der Waals surface area contributed by atoms with E-state index in [1.165, 1.54) is 0 Å². The van der Waals surface area contributed by atoms with Gasteiger partial charge in [-0.15, -0.1) is 0 Å². The molecule has 1 aromatic carbocycles. The summed E-state index contributed by atoms with van der Waals surface area (Å²) in [5, 5.41) is 3.16. The molecule has 0 aromatic heterocycles. The average molecular weight is 308 g/mol. The molecule has 0 atom stereocenters. The van der Waals surface area contributed by atoms with E-state index in [0.717, 1.165) is 22.1 Å². The predicted molar refractivity (Wildman–Crippen MR) is 67.8 cm³/mol. The molecule has 0 amide bonds. The van der Waals surface area contributed by atoms with Gasteiger partial charge in [0.25, 0.3) is 6.43 Å². The first-order valence-electron chi connectivity index (χ1n) is 5.45. The van der Waals surface area contributed by atoms with Crippen LogP contribution in [0, 0.1) is 6.92 Å². The fraction of sp³-hybridized carbons (Fsp3) is 0.500. The molecule has 0 saturated carbocycles. The van der Waals surface area contributed by atoms with Gasteiger partial charge in [-0.25, -0.2) is 8.78 Å². The van der Waals surface area contributed by atoms with Crippen molar-refractivity contribution in [1.82, 2.24) is 5.32 Å². The van der Waals surface area contributed by atoms with Crippen LogP contribution in [0.25, 0.3) is 0 Å². The Morgan fingerprint density at radius 3 is 2.71 bits per heavy atom. The molecule has 0 aliphatic rings. The Hall–Kier alpha value is -0.680. The summed E-state index contributed by atoms with van der Waals surface area (Å²) >= 11 is 3.39. The van der Waals surface area contributed by atoms with Gasteiger partial charge in [0.2, 0.25) is 0 Å². The van der Waals surface area contributed by atoms with E-state index in [0.29, 0.717) is 12.3 Å². The Labute approximate surface area is 108 Å². The van der Waals surface area contributed by atoms with Crippen LogP contribution in [-0.2, 0) is 6.54 Å². The highest BCUT2D eigenvalue weighted by Crippen LogP contribution is 2.28. The van der Waals surface area contributed by atoms with Crippen molar-refractivity contribution in [2.75, 3.05) is 13.2 Å². The van der Waals surface area contributed by atoms with E-state index in [4.69, 9.17) is 4.74 Å². The Balaban J connectivity index is 2.90. The fourth-order valence-corrected chi connectivity index (χ4v) is 2.16. The highest BCUT2D eigenvalue weighted by Gasteiger charge is 2.11. The monoisotopic (exact) mass is 307 g/mol. The zero-order valence-corrected chi connectivity index (χ0v) is 11.5. The van der Waals surface area contributed by atoms with Crippen molar-refractivity contribution >= 4 is 15.9 Å². The Morgan fingerprint density at radius 2 is 2.12 bits per heavy atom. The molecule has 0 fully saturated rings. The van der Waals surface area contributed by atoms with E-state index >= 15 is 0 Å². The van der Waals surface area contributed by atoms with Crippen molar-refractivity contribution < 1.29 is 13.5 Å². The van der Waals surface area contributed by atoms with Crippen LogP contribution in [-0.4, -0.2) is 19.6 Å². The predicted octanol–water partition coefficient (Wildman–Crippen LogP) is 3.51. The molecule has 0 saturated heterocycles. The fourth-order valence-electron chi connectivity index (χ4n) is 1.54. The summed E-state index contributed by atoms with van der Waals surface area (Å²) in [5.41, 5.74) is 1.74. The van der Waals surface area contributed by atoms with Gasteiger partial charge >= 0.3 is 0 Å². The minimum absolute atomic E-state index is 0.550. The minimum atomic E-state index is -2.45. The maximum atomic E-state index is 12.2. The molecule has 0 bridgehead atoms. The van der Waals surface area contributed by atoms with Crippen LogP contribution in [0.5, 0.6) is 5.75 Å². The number of benzene rings is 1. The maximum Gasteiger partial charge on any atom is 0.272 e. The first kappa shape index (κ1) is 14.4. The summed E-state index contributed by atoms with van der Waals surface area (Å²) in [6.45, 7) is 4.70. The lowest BCUT2D eigenvalue weighted by atomic mass is 10.1. The standard InChI is InChI=1S/C12H16BrF2NO/c1-3-16-6-9-5-10(13)4-8(2)12(9)17-7-11(14)15/h4-5,11,16H,3,6-7H2,1-2H3. The molecular weight excluding hydrogens is 292 g/mol. The Kier molecular flexibility index (Phi) is 5.85. The molecule has 2 nitrogen and oxygen atoms in total. The van der Waals surface area contributed by atoms with Gasteiger partial charge in [-0.05, 0) is 31.2 Å². The molecule has 0 aliphatic heterocycles. The number of aryl methyl sites for hydroxylation is 1. The number of nitrogens with one attached hydrogen (secondary N) is 1. The van der Waals surface area contributed by atoms with Crippen LogP contribution in [0.4, 0.5) is 8.78 Å². The second-order valence-electron chi connectivity index (χ2n) is 3.69. The minimum Gasteiger partial charge on any atom is -0.487 e. The second kappa shape index (κ2) is 6.91. The van der Waals surface area contributed by atoms with Gasteiger partial charge in [-0.3, -0.25) is 0 Å². The molecule has 1 N–H and O–H groups in total. The highest BCUT2D eigenvalue weighted by atomic mass is 79.9. The van der Waals surface area contributed by atoms with Crippen LogP contribution >= 0.6 is 15.9 Å². The summed E-state index contributed by atoms with van der Waals surface area (Å²) in [7, 11) is 0. The van der Waals surface area contributed by atoms with Gasteiger partial charge < -0.3 is 10.1 Å². The van der Waals surface area contributed by atoms with Gasteiger partial charge in [0.05, 0.1) is 0 Å². The molecule has 96 valence electrons. The summed E-state index contributed by atoms with van der Waals surface area (Å²) in [4.78, 5) is 0. The molecule has 0 unspecified atom stereocenters. The van der Waals surface area contributed by atoms with Crippen molar-refractivity contribution in [1.29, 1.82) is 0 Å². The van der Waals surface area contributed by atoms with E-state index in [1.807, 2.05) is 26.0 Å². The lowest BCUT2D eigenvalue weighted by Gasteiger charge is -2.15. The number of ether oxygens (including phenoxy) is 1. The lowest BCUT2D eigenvalue weighted by molar-refractivity contribution is 0.0810. The number of hydrogen-bond acceptors (Lipinski definition) is 2. The second-order valence-corrected chi connectivity index (χ2v) is 4.61. The van der Waals surface area contributed by atoms with Crippen LogP contribution in [0.2, 0.25) is 0 Å². The quantitative estimate of drug-likeness (QED) is 0.868. The molecule has 17 heavy (non-hydrogen) atoms. The number of halogens is 3. The molecule has 1 aromatic rings. The average Bonchev–Trinajstić information content (AvgIpc) is 2.24. The lowest BCUT2D eigenvalue weighted by Crippen LogP contribution is -2.15. The normalized spacial score (nSPS) is 10.9. The topological polar surface area (TPSA) is 21.3 Å². The van der Waals surface area contributed by atoms with E-state index in [1.54, 1.807) is 0 Å². The first-order valence-corrected chi connectivity index (χ1v) is 6.24. The third-order valence-corrected chi connectivity index (χ3v) is 2.69. The van der Waals surface area contributed by atoms with Crippen LogP contribution < -0.4 is 10.1 Å². The van der Waals surface area contributed by atoms with E-state index in [2.05, 4.69) is 21.2 Å². The van der Waals surface area contributed by atoms with Crippen LogP contribution in [0.15, 0.2) is 16.6 Å². The molecule has 0 spiro atoms. The Bertz CT molecular complexity index is 372. The molecule has 0 heterocycles. The molecule has 1 rings (SSSR count). The first-order chi connectivity index (χ1) is 8.04. The van der Waals surface area contributed by atoms with Crippen molar-refractivity contribution in [3.05, 3.63) is 27.7 Å². The van der Waals surface area contributed by atoms with Gasteiger partial charge in [-0.1, -0.05) is 22.9 Å².